The molecule has 0 fully saturated rings. The van der Waals surface area contributed by atoms with Gasteiger partial charge in [0.25, 0.3) is 5.91 Å². The van der Waals surface area contributed by atoms with Crippen molar-refractivity contribution in [1.82, 2.24) is 18.9 Å². The van der Waals surface area contributed by atoms with Gasteiger partial charge in [0.15, 0.2) is 0 Å². The van der Waals surface area contributed by atoms with E-state index in [1.807, 2.05) is 74.3 Å². The van der Waals surface area contributed by atoms with Crippen molar-refractivity contribution >= 4 is 62.6 Å². The van der Waals surface area contributed by atoms with Gasteiger partial charge in [-0.15, -0.1) is 0 Å². The van der Waals surface area contributed by atoms with Crippen molar-refractivity contribution < 1.29 is 28.9 Å². The number of amides is 1. The van der Waals surface area contributed by atoms with Gasteiger partial charge in [-0.1, -0.05) is 29.3 Å². The summed E-state index contributed by atoms with van der Waals surface area (Å²) >= 11 is 13.5. The molecule has 0 radical (unpaired) electrons. The summed E-state index contributed by atoms with van der Waals surface area (Å²) in [4.78, 5) is 29.6. The van der Waals surface area contributed by atoms with Crippen LogP contribution in [0, 0.1) is 27.7 Å². The summed E-state index contributed by atoms with van der Waals surface area (Å²) < 4.78 is 23.2. The SMILES string of the molecule is COCCn1cc(C(=O)O)c2cc(OC)cc(N3CC(C)n4c(c(CCCOc5cc(C)c(Cl)c(C)c5)c5ccc(Cl)c(-c6c(C)nn(C)c6C)c54)C3=O)c21. The third kappa shape index (κ3) is 6.51. The number of halogens is 2. The van der Waals surface area contributed by atoms with Gasteiger partial charge in [-0.05, 0) is 88.4 Å². The number of carboxylic acid groups (broad SMARTS) is 1. The van der Waals surface area contributed by atoms with E-state index in [2.05, 4.69) is 11.5 Å². The molecule has 6 aromatic rings. The van der Waals surface area contributed by atoms with Gasteiger partial charge in [0.05, 0.1) is 53.3 Å². The monoisotopic (exact) mass is 785 g/mol. The normalized spacial score (nSPS) is 14.3. The summed E-state index contributed by atoms with van der Waals surface area (Å²) in [6, 6.07) is 11.1. The standard InChI is InChI=1S/C42H45Cl2N5O6/c1-22-16-28(17-23(2)37(22)44)55-14-9-10-29-30-11-12-33(43)36(35-25(4)45-46(6)26(35)5)39(30)49-24(3)20-48(41(50)40(29)49)34-19-27(54-8)18-31-32(42(51)52)21-47(38(31)34)13-15-53-7/h11-12,16-19,21,24H,9-10,13-15,20H2,1-8H3,(H,51,52). The second-order valence-electron chi connectivity index (χ2n) is 14.3. The number of fused-ring (bicyclic) bond motifs is 4. The molecule has 288 valence electrons. The van der Waals surface area contributed by atoms with Crippen LogP contribution in [0.1, 0.15) is 68.3 Å². The van der Waals surface area contributed by atoms with Gasteiger partial charge in [-0.2, -0.15) is 5.10 Å². The van der Waals surface area contributed by atoms with Crippen molar-refractivity contribution in [2.24, 2.45) is 7.05 Å². The van der Waals surface area contributed by atoms with Gasteiger partial charge >= 0.3 is 5.97 Å². The lowest BCUT2D eigenvalue weighted by molar-refractivity contribution is 0.0698. The number of nitrogens with zero attached hydrogens (tertiary/aromatic N) is 5. The number of aryl methyl sites for hydroxylation is 5. The Morgan fingerprint density at radius 2 is 1.69 bits per heavy atom. The van der Waals surface area contributed by atoms with Crippen LogP contribution in [0.5, 0.6) is 11.5 Å². The van der Waals surface area contributed by atoms with E-state index >= 15 is 4.79 Å². The summed E-state index contributed by atoms with van der Waals surface area (Å²) in [6.07, 6.45) is 2.78. The first-order valence-corrected chi connectivity index (χ1v) is 19.0. The zero-order valence-corrected chi connectivity index (χ0v) is 33.9. The molecule has 55 heavy (non-hydrogen) atoms. The minimum atomic E-state index is -1.07. The van der Waals surface area contributed by atoms with Crippen LogP contribution in [-0.4, -0.2) is 69.9 Å². The highest BCUT2D eigenvalue weighted by Gasteiger charge is 2.38. The number of aromatic nitrogens is 4. The molecular formula is C42H45Cl2N5O6. The van der Waals surface area contributed by atoms with Crippen LogP contribution in [0.2, 0.25) is 10.0 Å². The van der Waals surface area contributed by atoms with Gasteiger partial charge in [-0.25, -0.2) is 4.79 Å². The molecule has 1 atom stereocenters. The molecule has 1 aliphatic rings. The largest absolute Gasteiger partial charge is 0.497 e. The lowest BCUT2D eigenvalue weighted by atomic mass is 9.98. The summed E-state index contributed by atoms with van der Waals surface area (Å²) in [7, 11) is 5.05. The second-order valence-corrected chi connectivity index (χ2v) is 15.1. The maximum Gasteiger partial charge on any atom is 0.337 e. The minimum absolute atomic E-state index is 0.117. The number of anilines is 1. The maximum atomic E-state index is 15.3. The van der Waals surface area contributed by atoms with E-state index < -0.39 is 5.97 Å². The third-order valence-electron chi connectivity index (χ3n) is 10.8. The molecule has 1 N–H and O–H groups in total. The van der Waals surface area contributed by atoms with Crippen molar-refractivity contribution in [1.29, 1.82) is 0 Å². The van der Waals surface area contributed by atoms with E-state index in [4.69, 9.17) is 42.5 Å². The number of carbonyl (C=O) groups is 2. The topological polar surface area (TPSA) is 113 Å². The third-order valence-corrected chi connectivity index (χ3v) is 11.7. The highest BCUT2D eigenvalue weighted by atomic mass is 35.5. The van der Waals surface area contributed by atoms with Gasteiger partial charge in [-0.3, -0.25) is 9.48 Å². The molecule has 0 bridgehead atoms. The average Bonchev–Trinajstić information content (AvgIpc) is 3.77. The summed E-state index contributed by atoms with van der Waals surface area (Å²) in [6.45, 7) is 11.5. The molecule has 0 saturated heterocycles. The molecule has 0 saturated carbocycles. The van der Waals surface area contributed by atoms with Crippen molar-refractivity contribution in [2.75, 3.05) is 38.9 Å². The summed E-state index contributed by atoms with van der Waals surface area (Å²) in [5.41, 5.74) is 9.11. The Hall–Kier alpha value is -4.97. The quantitative estimate of drug-likeness (QED) is 0.123. The zero-order valence-electron chi connectivity index (χ0n) is 32.3. The Labute approximate surface area is 329 Å². The van der Waals surface area contributed by atoms with Crippen LogP contribution in [0.4, 0.5) is 5.69 Å². The number of ether oxygens (including phenoxy) is 3. The Morgan fingerprint density at radius 3 is 2.33 bits per heavy atom. The van der Waals surface area contributed by atoms with Crippen LogP contribution in [0.15, 0.2) is 42.6 Å². The molecule has 13 heteroatoms. The Balaban J connectivity index is 1.41. The molecule has 1 unspecified atom stereocenters. The number of rotatable bonds is 12. The molecule has 3 aromatic carbocycles. The van der Waals surface area contributed by atoms with E-state index in [0.717, 1.165) is 60.9 Å². The van der Waals surface area contributed by atoms with E-state index in [0.29, 0.717) is 72.2 Å². The fourth-order valence-electron chi connectivity index (χ4n) is 8.19. The summed E-state index contributed by atoms with van der Waals surface area (Å²) in [5.74, 6) is -0.0861. The molecule has 0 aliphatic carbocycles. The fraction of sp³-hybridized carbons (Fsp3) is 0.357. The Kier molecular flexibility index (Phi) is 10.4. The number of benzene rings is 3. The van der Waals surface area contributed by atoms with Gasteiger partial charge < -0.3 is 33.4 Å². The molecule has 1 amide bonds. The molecule has 7 rings (SSSR count). The number of methoxy groups -OCH3 is 2. The molecule has 1 aliphatic heterocycles. The Morgan fingerprint density at radius 1 is 0.964 bits per heavy atom. The first-order valence-electron chi connectivity index (χ1n) is 18.3. The number of hydrogen-bond donors (Lipinski definition) is 1. The zero-order chi connectivity index (χ0) is 39.5. The van der Waals surface area contributed by atoms with E-state index in [1.54, 1.807) is 24.3 Å². The molecule has 3 aromatic heterocycles. The van der Waals surface area contributed by atoms with Crippen molar-refractivity contribution in [3.63, 3.8) is 0 Å². The number of hydrogen-bond acceptors (Lipinski definition) is 6. The van der Waals surface area contributed by atoms with Crippen LogP contribution in [0.25, 0.3) is 32.9 Å². The van der Waals surface area contributed by atoms with Crippen LogP contribution >= 0.6 is 23.2 Å². The smallest absolute Gasteiger partial charge is 0.337 e. The van der Waals surface area contributed by atoms with Crippen molar-refractivity contribution in [3.8, 4) is 22.6 Å². The second kappa shape index (κ2) is 14.9. The number of aromatic carboxylic acids is 1. The predicted octanol–water partition coefficient (Wildman–Crippen LogP) is 9.12. The molecule has 4 heterocycles. The number of carboxylic acids is 1. The minimum Gasteiger partial charge on any atom is -0.497 e. The van der Waals surface area contributed by atoms with E-state index in [-0.39, 0.29) is 17.5 Å². The average molecular weight is 787 g/mol. The van der Waals surface area contributed by atoms with Gasteiger partial charge in [0.1, 0.15) is 17.2 Å². The van der Waals surface area contributed by atoms with Gasteiger partial charge in [0, 0.05) is 78.2 Å². The molecule has 11 nitrogen and oxygen atoms in total. The lowest BCUT2D eigenvalue weighted by Gasteiger charge is -2.35. The van der Waals surface area contributed by atoms with Crippen LogP contribution in [0.3, 0.4) is 0 Å². The van der Waals surface area contributed by atoms with E-state index in [1.165, 1.54) is 7.11 Å². The highest BCUT2D eigenvalue weighted by molar-refractivity contribution is 6.35. The summed E-state index contributed by atoms with van der Waals surface area (Å²) in [5, 5.41) is 17.7. The van der Waals surface area contributed by atoms with Gasteiger partial charge in [0.2, 0.25) is 0 Å². The van der Waals surface area contributed by atoms with E-state index in [9.17, 15) is 9.90 Å². The lowest BCUT2D eigenvalue weighted by Crippen LogP contribution is -2.43. The first kappa shape index (κ1) is 38.3. The fourth-order valence-corrected chi connectivity index (χ4v) is 8.54. The maximum absolute atomic E-state index is 15.3. The van der Waals surface area contributed by atoms with Crippen LogP contribution in [-0.2, 0) is 24.8 Å². The first-order chi connectivity index (χ1) is 26.3. The van der Waals surface area contributed by atoms with Crippen LogP contribution < -0.4 is 14.4 Å². The Bertz CT molecular complexity index is 2490. The molecular weight excluding hydrogens is 741 g/mol. The highest BCUT2D eigenvalue weighted by Crippen LogP contribution is 2.46. The van der Waals surface area contributed by atoms with Crippen molar-refractivity contribution in [2.45, 2.75) is 60.0 Å². The van der Waals surface area contributed by atoms with Crippen molar-refractivity contribution in [3.05, 3.63) is 92.0 Å². The predicted molar refractivity (Wildman–Crippen MR) is 217 cm³/mol. The number of carbonyl (C=O) groups excluding carboxylic acids is 1. The molecule has 0 spiro atoms.